The van der Waals surface area contributed by atoms with Gasteiger partial charge in [-0.3, -0.25) is 0 Å². The predicted molar refractivity (Wildman–Crippen MR) is 48.6 cm³/mol. The lowest BCUT2D eigenvalue weighted by Crippen LogP contribution is -2.12. The third-order valence-electron chi connectivity index (χ3n) is 2.90. The van der Waals surface area contributed by atoms with E-state index in [0.717, 1.165) is 17.6 Å². The topological polar surface area (TPSA) is 9.23 Å². The van der Waals surface area contributed by atoms with Crippen LogP contribution in [0.1, 0.15) is 32.1 Å². The van der Waals surface area contributed by atoms with Crippen LogP contribution in [0.15, 0.2) is 0 Å². The summed E-state index contributed by atoms with van der Waals surface area (Å²) >= 11 is 5.15. The number of fused-ring (bicyclic) bond motifs is 1. The molecule has 2 rings (SSSR count). The highest BCUT2D eigenvalue weighted by atomic mass is 32.1. The van der Waals surface area contributed by atoms with Gasteiger partial charge in [-0.2, -0.15) is 0 Å². The number of hydrogen-bond donors (Lipinski definition) is 0. The highest BCUT2D eigenvalue weighted by Crippen LogP contribution is 2.34. The molecule has 62 valence electrons. The molecule has 2 heteroatoms. The normalized spacial score (nSPS) is 37.6. The first-order valence-electron chi connectivity index (χ1n) is 4.54. The van der Waals surface area contributed by atoms with Crippen LogP contribution in [0.25, 0.3) is 0 Å². The first-order chi connectivity index (χ1) is 5.38. The van der Waals surface area contributed by atoms with Gasteiger partial charge in [-0.1, -0.05) is 19.3 Å². The summed E-state index contributed by atoms with van der Waals surface area (Å²) in [4.78, 5) is 0. The molecule has 0 spiro atoms. The van der Waals surface area contributed by atoms with E-state index in [9.17, 15) is 0 Å². The third-order valence-corrected chi connectivity index (χ3v) is 3.32. The molecule has 0 amide bonds. The van der Waals surface area contributed by atoms with E-state index in [2.05, 4.69) is 0 Å². The van der Waals surface area contributed by atoms with E-state index in [4.69, 9.17) is 17.0 Å². The molecule has 0 aromatic carbocycles. The Bertz CT molecular complexity index is 167. The molecule has 2 aliphatic rings. The van der Waals surface area contributed by atoms with Gasteiger partial charge in [-0.15, -0.1) is 0 Å². The molecule has 0 N–H and O–H groups in total. The summed E-state index contributed by atoms with van der Waals surface area (Å²) in [5, 5.41) is 0.900. The van der Waals surface area contributed by atoms with Crippen molar-refractivity contribution in [2.75, 3.05) is 6.61 Å². The van der Waals surface area contributed by atoms with E-state index in [-0.39, 0.29) is 0 Å². The fourth-order valence-corrected chi connectivity index (χ4v) is 2.57. The molecule has 1 saturated heterocycles. The van der Waals surface area contributed by atoms with Gasteiger partial charge < -0.3 is 4.74 Å². The molecular weight excluding hydrogens is 156 g/mol. The van der Waals surface area contributed by atoms with Crippen molar-refractivity contribution < 1.29 is 4.74 Å². The first kappa shape index (κ1) is 7.53. The van der Waals surface area contributed by atoms with E-state index < -0.39 is 0 Å². The van der Waals surface area contributed by atoms with Gasteiger partial charge in [-0.25, -0.2) is 0 Å². The second-order valence-corrected chi connectivity index (χ2v) is 4.04. The van der Waals surface area contributed by atoms with Gasteiger partial charge in [-0.05, 0) is 25.1 Å². The van der Waals surface area contributed by atoms with Crippen molar-refractivity contribution in [2.24, 2.45) is 11.8 Å². The van der Waals surface area contributed by atoms with Gasteiger partial charge in [0.05, 0.1) is 6.61 Å². The van der Waals surface area contributed by atoms with Crippen molar-refractivity contribution in [1.82, 2.24) is 0 Å². The van der Waals surface area contributed by atoms with Crippen LogP contribution in [-0.4, -0.2) is 11.7 Å². The fraction of sp³-hybridized carbons (Fsp3) is 0.889. The number of ether oxygens (including phenoxy) is 1. The quantitative estimate of drug-likeness (QED) is 0.517. The molecular formula is C9H14OS. The lowest BCUT2D eigenvalue weighted by atomic mass is 9.92. The van der Waals surface area contributed by atoms with Gasteiger partial charge in [0.25, 0.3) is 0 Å². The van der Waals surface area contributed by atoms with Crippen molar-refractivity contribution in [3.63, 3.8) is 0 Å². The average molecular weight is 170 g/mol. The molecule has 2 fully saturated rings. The van der Waals surface area contributed by atoms with Crippen molar-refractivity contribution in [2.45, 2.75) is 32.1 Å². The minimum Gasteiger partial charge on any atom is -0.486 e. The van der Waals surface area contributed by atoms with Crippen LogP contribution < -0.4 is 0 Å². The molecule has 1 heterocycles. The maximum absolute atomic E-state index is 5.39. The molecule has 0 radical (unpaired) electrons. The summed E-state index contributed by atoms with van der Waals surface area (Å²) in [5.41, 5.74) is 0. The van der Waals surface area contributed by atoms with Crippen LogP contribution in [0.5, 0.6) is 0 Å². The van der Waals surface area contributed by atoms with Crippen LogP contribution in [0.4, 0.5) is 0 Å². The Labute approximate surface area is 73.1 Å². The van der Waals surface area contributed by atoms with Crippen LogP contribution in [0, 0.1) is 11.8 Å². The van der Waals surface area contributed by atoms with Crippen molar-refractivity contribution >= 4 is 17.3 Å². The van der Waals surface area contributed by atoms with Gasteiger partial charge in [0.15, 0.2) is 5.05 Å². The Hall–Kier alpha value is -0.110. The Balaban J connectivity index is 2.06. The predicted octanol–water partition coefficient (Wildman–Crippen LogP) is 2.54. The Morgan fingerprint density at radius 2 is 2.00 bits per heavy atom. The third kappa shape index (κ3) is 1.41. The van der Waals surface area contributed by atoms with Crippen molar-refractivity contribution in [1.29, 1.82) is 0 Å². The summed E-state index contributed by atoms with van der Waals surface area (Å²) in [5.74, 6) is 1.40. The van der Waals surface area contributed by atoms with Gasteiger partial charge in [0.2, 0.25) is 0 Å². The number of thiocarbonyl (C=S) groups is 1. The highest BCUT2D eigenvalue weighted by Gasteiger charge is 2.33. The summed E-state index contributed by atoms with van der Waals surface area (Å²) in [7, 11) is 0. The van der Waals surface area contributed by atoms with Crippen molar-refractivity contribution in [3.8, 4) is 0 Å². The van der Waals surface area contributed by atoms with Gasteiger partial charge in [0.1, 0.15) is 0 Å². The molecule has 2 atom stereocenters. The Kier molecular flexibility index (Phi) is 2.12. The molecule has 1 saturated carbocycles. The lowest BCUT2D eigenvalue weighted by molar-refractivity contribution is 0.287. The van der Waals surface area contributed by atoms with E-state index in [1.54, 1.807) is 0 Å². The van der Waals surface area contributed by atoms with Gasteiger partial charge in [0, 0.05) is 11.8 Å². The molecule has 1 aliphatic carbocycles. The van der Waals surface area contributed by atoms with Crippen LogP contribution >= 0.6 is 12.2 Å². The Morgan fingerprint density at radius 3 is 2.91 bits per heavy atom. The second-order valence-electron chi connectivity index (χ2n) is 3.63. The summed E-state index contributed by atoms with van der Waals surface area (Å²) < 4.78 is 5.39. The average Bonchev–Trinajstić information content (AvgIpc) is 2.25. The largest absolute Gasteiger partial charge is 0.486 e. The Morgan fingerprint density at radius 1 is 1.18 bits per heavy atom. The first-order valence-corrected chi connectivity index (χ1v) is 4.95. The SMILES string of the molecule is S=C1OC[C@@H]2CCCCC[C@H]12. The molecule has 11 heavy (non-hydrogen) atoms. The zero-order valence-corrected chi connectivity index (χ0v) is 7.53. The molecule has 0 aromatic rings. The maximum Gasteiger partial charge on any atom is 0.163 e. The molecule has 0 aromatic heterocycles. The zero-order valence-electron chi connectivity index (χ0n) is 6.71. The smallest absolute Gasteiger partial charge is 0.163 e. The highest BCUT2D eigenvalue weighted by molar-refractivity contribution is 7.80. The van der Waals surface area contributed by atoms with Gasteiger partial charge >= 0.3 is 0 Å². The molecule has 0 unspecified atom stereocenters. The minimum absolute atomic E-state index is 0.632. The molecule has 0 bridgehead atoms. The van der Waals surface area contributed by atoms with E-state index in [0.29, 0.717) is 5.92 Å². The second kappa shape index (κ2) is 3.10. The number of rotatable bonds is 0. The fourth-order valence-electron chi connectivity index (χ4n) is 2.19. The van der Waals surface area contributed by atoms with Crippen LogP contribution in [-0.2, 0) is 4.74 Å². The zero-order chi connectivity index (χ0) is 7.68. The maximum atomic E-state index is 5.39. The minimum atomic E-state index is 0.632. The lowest BCUT2D eigenvalue weighted by Gasteiger charge is -2.10. The summed E-state index contributed by atoms with van der Waals surface area (Å²) in [6.07, 6.45) is 6.75. The monoisotopic (exact) mass is 170 g/mol. The summed E-state index contributed by atoms with van der Waals surface area (Å²) in [6, 6.07) is 0. The van der Waals surface area contributed by atoms with Crippen LogP contribution in [0.2, 0.25) is 0 Å². The van der Waals surface area contributed by atoms with E-state index in [1.807, 2.05) is 0 Å². The van der Waals surface area contributed by atoms with Crippen molar-refractivity contribution in [3.05, 3.63) is 0 Å². The number of hydrogen-bond acceptors (Lipinski definition) is 2. The van der Waals surface area contributed by atoms with E-state index >= 15 is 0 Å². The summed E-state index contributed by atoms with van der Waals surface area (Å²) in [6.45, 7) is 0.906. The van der Waals surface area contributed by atoms with Crippen LogP contribution in [0.3, 0.4) is 0 Å². The van der Waals surface area contributed by atoms with E-state index in [1.165, 1.54) is 32.1 Å². The molecule has 1 nitrogen and oxygen atoms in total. The standard InChI is InChI=1S/C9H14OS/c11-9-8-5-3-1-2-4-7(8)6-10-9/h7-8H,1-6H2/t7-,8-/m0/s1. The molecule has 1 aliphatic heterocycles.